The van der Waals surface area contributed by atoms with Crippen LogP contribution in [0, 0.1) is 0 Å². The van der Waals surface area contributed by atoms with Crippen molar-refractivity contribution in [1.29, 1.82) is 0 Å². The first-order chi connectivity index (χ1) is 8.86. The van der Waals surface area contributed by atoms with Gasteiger partial charge in [0.2, 0.25) is 5.88 Å². The lowest BCUT2D eigenvalue weighted by Gasteiger charge is -2.26. The third kappa shape index (κ3) is 2.73. The highest BCUT2D eigenvalue weighted by molar-refractivity contribution is 5.43. The van der Waals surface area contributed by atoms with Crippen molar-refractivity contribution in [3.8, 4) is 5.88 Å². The van der Waals surface area contributed by atoms with Gasteiger partial charge in [-0.25, -0.2) is 9.97 Å². The zero-order chi connectivity index (χ0) is 14.1. The number of aliphatic hydroxyl groups is 1. The maximum atomic E-state index is 12.7. The molecule has 0 radical (unpaired) electrons. The van der Waals surface area contributed by atoms with E-state index in [0.717, 1.165) is 0 Å². The summed E-state index contributed by atoms with van der Waals surface area (Å²) in [5.74, 6) is 0.619. The summed E-state index contributed by atoms with van der Waals surface area (Å²) in [4.78, 5) is 9.12. The van der Waals surface area contributed by atoms with Crippen LogP contribution in [-0.2, 0) is 0 Å². The van der Waals surface area contributed by atoms with Crippen molar-refractivity contribution >= 4 is 5.82 Å². The lowest BCUT2D eigenvalue weighted by Crippen LogP contribution is -2.47. The number of alkyl halides is 3. The van der Waals surface area contributed by atoms with E-state index in [9.17, 15) is 18.3 Å². The molecule has 1 aliphatic heterocycles. The fourth-order valence-electron chi connectivity index (χ4n) is 1.95. The van der Waals surface area contributed by atoms with Crippen LogP contribution in [0.3, 0.4) is 0 Å². The monoisotopic (exact) mass is 277 g/mol. The second-order valence-corrected chi connectivity index (χ2v) is 4.35. The first kappa shape index (κ1) is 13.9. The average Bonchev–Trinajstić information content (AvgIpc) is 2.74. The molecule has 19 heavy (non-hydrogen) atoms. The molecule has 1 N–H and O–H groups in total. The number of anilines is 1. The minimum atomic E-state index is -4.64. The van der Waals surface area contributed by atoms with Gasteiger partial charge >= 0.3 is 6.18 Å². The molecule has 1 aromatic rings. The van der Waals surface area contributed by atoms with Crippen molar-refractivity contribution in [1.82, 2.24) is 9.97 Å². The normalized spacial score (nSPS) is 23.7. The Morgan fingerprint density at radius 2 is 2.21 bits per heavy atom. The van der Waals surface area contributed by atoms with Gasteiger partial charge in [-0.15, -0.1) is 0 Å². The Bertz CT molecular complexity index is 455. The van der Waals surface area contributed by atoms with E-state index in [2.05, 4.69) is 9.97 Å². The fraction of sp³-hybridized carbons (Fsp3) is 0.636. The highest BCUT2D eigenvalue weighted by Crippen LogP contribution is 2.38. The fourth-order valence-corrected chi connectivity index (χ4v) is 1.95. The van der Waals surface area contributed by atoms with Gasteiger partial charge in [-0.05, 0) is 6.92 Å². The third-order valence-corrected chi connectivity index (χ3v) is 3.02. The van der Waals surface area contributed by atoms with Crippen molar-refractivity contribution in [2.45, 2.75) is 25.1 Å². The summed E-state index contributed by atoms with van der Waals surface area (Å²) >= 11 is 0. The summed E-state index contributed by atoms with van der Waals surface area (Å²) in [6.45, 7) is 1.74. The largest absolute Gasteiger partial charge is 0.478 e. The van der Waals surface area contributed by atoms with Crippen LogP contribution in [0.2, 0.25) is 0 Å². The Labute approximate surface area is 108 Å². The van der Waals surface area contributed by atoms with Gasteiger partial charge < -0.3 is 14.7 Å². The smallest absolute Gasteiger partial charge is 0.418 e. The zero-order valence-electron chi connectivity index (χ0n) is 10.3. The van der Waals surface area contributed by atoms with Crippen LogP contribution >= 0.6 is 0 Å². The molecule has 1 fully saturated rings. The SMILES string of the molecule is CCOc1cc(N2CC[C@](O)(C(F)(F)F)C2)ncn1. The highest BCUT2D eigenvalue weighted by Gasteiger charge is 2.57. The first-order valence-electron chi connectivity index (χ1n) is 5.84. The molecule has 1 saturated heterocycles. The zero-order valence-corrected chi connectivity index (χ0v) is 10.3. The van der Waals surface area contributed by atoms with Crippen LogP contribution in [0.15, 0.2) is 12.4 Å². The van der Waals surface area contributed by atoms with Crippen LogP contribution < -0.4 is 9.64 Å². The number of hydrogen-bond donors (Lipinski definition) is 1. The van der Waals surface area contributed by atoms with E-state index < -0.39 is 18.3 Å². The molecule has 0 aliphatic carbocycles. The van der Waals surface area contributed by atoms with Crippen molar-refractivity contribution in [3.05, 3.63) is 12.4 Å². The number of aromatic nitrogens is 2. The summed E-state index contributed by atoms with van der Waals surface area (Å²) in [5.41, 5.74) is -2.68. The lowest BCUT2D eigenvalue weighted by atomic mass is 10.0. The molecule has 0 bridgehead atoms. The van der Waals surface area contributed by atoms with Crippen molar-refractivity contribution in [2.75, 3.05) is 24.6 Å². The van der Waals surface area contributed by atoms with Crippen LogP contribution in [-0.4, -0.2) is 46.5 Å². The number of nitrogens with zero attached hydrogens (tertiary/aromatic N) is 3. The van der Waals surface area contributed by atoms with Crippen molar-refractivity contribution in [2.24, 2.45) is 0 Å². The molecule has 0 unspecified atom stereocenters. The van der Waals surface area contributed by atoms with Gasteiger partial charge in [-0.2, -0.15) is 13.2 Å². The summed E-state index contributed by atoms with van der Waals surface area (Å²) in [7, 11) is 0. The molecule has 106 valence electrons. The molecule has 1 aliphatic rings. The second-order valence-electron chi connectivity index (χ2n) is 4.35. The number of rotatable bonds is 3. The maximum Gasteiger partial charge on any atom is 0.418 e. The average molecular weight is 277 g/mol. The predicted octanol–water partition coefficient (Wildman–Crippen LogP) is 1.38. The van der Waals surface area contributed by atoms with Gasteiger partial charge in [-0.3, -0.25) is 0 Å². The quantitative estimate of drug-likeness (QED) is 0.904. The Morgan fingerprint density at radius 3 is 2.79 bits per heavy atom. The Balaban J connectivity index is 2.15. The van der Waals surface area contributed by atoms with E-state index in [1.165, 1.54) is 17.3 Å². The summed E-state index contributed by atoms with van der Waals surface area (Å²) in [6.07, 6.45) is -3.78. The van der Waals surface area contributed by atoms with Gasteiger partial charge in [0.05, 0.1) is 13.2 Å². The molecule has 0 saturated carbocycles. The van der Waals surface area contributed by atoms with E-state index in [-0.39, 0.29) is 13.0 Å². The number of ether oxygens (including phenoxy) is 1. The van der Waals surface area contributed by atoms with Crippen LogP contribution in [0.5, 0.6) is 5.88 Å². The standard InChI is InChI=1S/C11H14F3N3O2/c1-2-19-9-5-8(15-7-16-9)17-4-3-10(18,6-17)11(12,13)14/h5,7,18H,2-4,6H2,1H3/t10-/m1/s1. The van der Waals surface area contributed by atoms with E-state index in [1.54, 1.807) is 6.92 Å². The molecular formula is C11H14F3N3O2. The molecule has 8 heteroatoms. The third-order valence-electron chi connectivity index (χ3n) is 3.02. The van der Waals surface area contributed by atoms with E-state index in [4.69, 9.17) is 4.74 Å². The molecule has 2 rings (SSSR count). The Morgan fingerprint density at radius 1 is 1.47 bits per heavy atom. The number of halogens is 3. The minimum Gasteiger partial charge on any atom is -0.478 e. The topological polar surface area (TPSA) is 58.5 Å². The van der Waals surface area contributed by atoms with Crippen LogP contribution in [0.4, 0.5) is 19.0 Å². The predicted molar refractivity (Wildman–Crippen MR) is 61.0 cm³/mol. The molecule has 1 aromatic heterocycles. The van der Waals surface area contributed by atoms with Gasteiger partial charge in [0.15, 0.2) is 5.60 Å². The van der Waals surface area contributed by atoms with E-state index in [1.807, 2.05) is 0 Å². The molecule has 5 nitrogen and oxygen atoms in total. The number of β-amino-alcohol motifs (C(OH)–C–C–N with tert-alkyl or cyclic N) is 1. The van der Waals surface area contributed by atoms with E-state index >= 15 is 0 Å². The lowest BCUT2D eigenvalue weighted by molar-refractivity contribution is -0.250. The van der Waals surface area contributed by atoms with Crippen molar-refractivity contribution in [3.63, 3.8) is 0 Å². The Hall–Kier alpha value is -1.57. The van der Waals surface area contributed by atoms with Gasteiger partial charge in [0.1, 0.15) is 12.1 Å². The summed E-state index contributed by atoms with van der Waals surface area (Å²) in [6, 6.07) is 1.46. The summed E-state index contributed by atoms with van der Waals surface area (Å²) < 4.78 is 43.3. The maximum absolute atomic E-state index is 12.7. The molecule has 0 spiro atoms. The van der Waals surface area contributed by atoms with Crippen molar-refractivity contribution < 1.29 is 23.0 Å². The van der Waals surface area contributed by atoms with E-state index in [0.29, 0.717) is 18.3 Å². The molecule has 0 amide bonds. The van der Waals surface area contributed by atoms with Gasteiger partial charge in [0, 0.05) is 19.0 Å². The first-order valence-corrected chi connectivity index (χ1v) is 5.84. The summed E-state index contributed by atoms with van der Waals surface area (Å²) in [5, 5.41) is 9.59. The minimum absolute atomic E-state index is 0.0819. The van der Waals surface area contributed by atoms with Gasteiger partial charge in [-0.1, -0.05) is 0 Å². The van der Waals surface area contributed by atoms with Crippen LogP contribution in [0.1, 0.15) is 13.3 Å². The highest BCUT2D eigenvalue weighted by atomic mass is 19.4. The molecule has 0 aromatic carbocycles. The van der Waals surface area contributed by atoms with Gasteiger partial charge in [0.25, 0.3) is 0 Å². The van der Waals surface area contributed by atoms with Crippen LogP contribution in [0.25, 0.3) is 0 Å². The molecular weight excluding hydrogens is 263 g/mol. The number of hydrogen-bond acceptors (Lipinski definition) is 5. The molecule has 1 atom stereocenters. The molecule has 2 heterocycles. The second kappa shape index (κ2) is 4.84. The Kier molecular flexibility index (Phi) is 3.53.